The van der Waals surface area contributed by atoms with Gasteiger partial charge in [0.05, 0.1) is 23.2 Å². The van der Waals surface area contributed by atoms with E-state index in [1.165, 1.54) is 0 Å². The minimum absolute atomic E-state index is 0.0648. The van der Waals surface area contributed by atoms with Gasteiger partial charge in [0.25, 0.3) is 0 Å². The van der Waals surface area contributed by atoms with Crippen LogP contribution >= 0.6 is 0 Å². The van der Waals surface area contributed by atoms with Crippen molar-refractivity contribution in [3.05, 3.63) is 0 Å². The quantitative estimate of drug-likeness (QED) is 0.553. The molecule has 0 aromatic rings. The summed E-state index contributed by atoms with van der Waals surface area (Å²) in [4.78, 5) is 12.8. The van der Waals surface area contributed by atoms with Crippen molar-refractivity contribution in [2.75, 3.05) is 0 Å². The summed E-state index contributed by atoms with van der Waals surface area (Å²) >= 11 is 0. The van der Waals surface area contributed by atoms with Gasteiger partial charge in [0.15, 0.2) is 11.4 Å². The predicted molar refractivity (Wildman–Crippen MR) is 72.9 cm³/mol. The van der Waals surface area contributed by atoms with Gasteiger partial charge >= 0.3 is 0 Å². The molecule has 0 spiro atoms. The fraction of sp³-hybridized carbons (Fsp3) is 0.933. The van der Waals surface area contributed by atoms with Crippen LogP contribution in [0, 0.1) is 17.8 Å². The van der Waals surface area contributed by atoms with Gasteiger partial charge in [0.1, 0.15) is 0 Å². The normalized spacial score (nSPS) is 53.0. The Morgan fingerprint density at radius 3 is 2.20 bits per heavy atom. The largest absolute Gasteiger partial charge is 0.390 e. The van der Waals surface area contributed by atoms with Crippen molar-refractivity contribution in [3.63, 3.8) is 0 Å². The molecule has 4 N–H and O–H groups in total. The van der Waals surface area contributed by atoms with Crippen molar-refractivity contribution in [2.24, 2.45) is 17.8 Å². The maximum atomic E-state index is 12.8. The van der Waals surface area contributed by atoms with Crippen molar-refractivity contribution >= 4 is 5.78 Å². The van der Waals surface area contributed by atoms with E-state index in [1.807, 2.05) is 0 Å². The molecule has 0 aromatic carbocycles. The Kier molecular flexibility index (Phi) is 3.58. The van der Waals surface area contributed by atoms with Crippen LogP contribution in [0.2, 0.25) is 0 Å². The van der Waals surface area contributed by atoms with Crippen LogP contribution in [0.3, 0.4) is 0 Å². The molecule has 6 atom stereocenters. The number of aliphatic hydroxyl groups excluding tert-OH is 1. The standard InChI is InChI=1S/C15H26O5/c1-8(2)15(20)10(16)7-14(4,19)9-5-6-13(3,18)11(9)12(15)17/h8-11,16,18-20H,5-7H2,1-4H3/t9-,10?,11-,13+,14-,15-/m0/s1. The third-order valence-corrected chi connectivity index (χ3v) is 5.50. The van der Waals surface area contributed by atoms with Crippen molar-refractivity contribution < 1.29 is 25.2 Å². The summed E-state index contributed by atoms with van der Waals surface area (Å²) in [7, 11) is 0. The topological polar surface area (TPSA) is 98.0 Å². The van der Waals surface area contributed by atoms with E-state index in [9.17, 15) is 25.2 Å². The number of hydrogen-bond donors (Lipinski definition) is 4. The molecule has 5 heteroatoms. The number of fused-ring (bicyclic) bond motifs is 1. The van der Waals surface area contributed by atoms with Crippen LogP contribution in [0.15, 0.2) is 0 Å². The lowest BCUT2D eigenvalue weighted by molar-refractivity contribution is -0.167. The van der Waals surface area contributed by atoms with Crippen LogP contribution in [0.25, 0.3) is 0 Å². The molecule has 0 amide bonds. The second-order valence-electron chi connectivity index (χ2n) is 7.40. The first-order valence-electron chi connectivity index (χ1n) is 7.34. The zero-order chi connectivity index (χ0) is 15.5. The molecule has 116 valence electrons. The zero-order valence-electron chi connectivity index (χ0n) is 12.6. The number of carbonyl (C=O) groups is 1. The highest BCUT2D eigenvalue weighted by molar-refractivity contribution is 5.92. The molecule has 0 bridgehead atoms. The summed E-state index contributed by atoms with van der Waals surface area (Å²) in [5, 5.41) is 42.2. The van der Waals surface area contributed by atoms with Gasteiger partial charge in [0, 0.05) is 12.3 Å². The number of Topliss-reactive ketones (excluding diaryl/α,β-unsaturated/α-hetero) is 1. The van der Waals surface area contributed by atoms with Crippen LogP contribution in [0.4, 0.5) is 0 Å². The van der Waals surface area contributed by atoms with Crippen LogP contribution in [-0.4, -0.2) is 49.1 Å². The Labute approximate surface area is 119 Å². The molecule has 0 radical (unpaired) electrons. The van der Waals surface area contributed by atoms with Crippen molar-refractivity contribution in [2.45, 2.75) is 69.9 Å². The highest BCUT2D eigenvalue weighted by atomic mass is 16.4. The second-order valence-corrected chi connectivity index (χ2v) is 7.40. The van der Waals surface area contributed by atoms with Gasteiger partial charge in [-0.15, -0.1) is 0 Å². The first-order chi connectivity index (χ1) is 8.94. The van der Waals surface area contributed by atoms with E-state index in [4.69, 9.17) is 0 Å². The monoisotopic (exact) mass is 286 g/mol. The minimum atomic E-state index is -1.92. The lowest BCUT2D eigenvalue weighted by atomic mass is 9.72. The number of rotatable bonds is 1. The third kappa shape index (κ3) is 2.03. The van der Waals surface area contributed by atoms with E-state index in [2.05, 4.69) is 0 Å². The Hall–Kier alpha value is -0.490. The van der Waals surface area contributed by atoms with Crippen molar-refractivity contribution in [1.29, 1.82) is 0 Å². The van der Waals surface area contributed by atoms with E-state index >= 15 is 0 Å². The number of aliphatic hydroxyl groups is 4. The molecule has 2 aliphatic rings. The maximum absolute atomic E-state index is 12.8. The second kappa shape index (κ2) is 4.50. The fourth-order valence-electron chi connectivity index (χ4n) is 4.12. The van der Waals surface area contributed by atoms with Crippen LogP contribution in [-0.2, 0) is 4.79 Å². The summed E-state index contributed by atoms with van der Waals surface area (Å²) < 4.78 is 0. The van der Waals surface area contributed by atoms with Gasteiger partial charge in [-0.1, -0.05) is 13.8 Å². The smallest absolute Gasteiger partial charge is 0.173 e. The molecule has 0 aliphatic heterocycles. The number of carbonyl (C=O) groups excluding carboxylic acids is 1. The lowest BCUT2D eigenvalue weighted by Gasteiger charge is -2.38. The Morgan fingerprint density at radius 1 is 1.15 bits per heavy atom. The minimum Gasteiger partial charge on any atom is -0.390 e. The van der Waals surface area contributed by atoms with E-state index in [0.717, 1.165) is 0 Å². The third-order valence-electron chi connectivity index (χ3n) is 5.50. The van der Waals surface area contributed by atoms with Crippen molar-refractivity contribution in [3.8, 4) is 0 Å². The highest BCUT2D eigenvalue weighted by Crippen LogP contribution is 2.52. The van der Waals surface area contributed by atoms with E-state index in [-0.39, 0.29) is 6.42 Å². The summed E-state index contributed by atoms with van der Waals surface area (Å²) in [5.74, 6) is -2.31. The molecule has 0 aromatic heterocycles. The Balaban J connectivity index is 2.56. The molecule has 2 aliphatic carbocycles. The summed E-state index contributed by atoms with van der Waals surface area (Å²) in [5.41, 5.74) is -4.45. The molecular formula is C15H26O5. The van der Waals surface area contributed by atoms with Gasteiger partial charge in [-0.3, -0.25) is 4.79 Å². The summed E-state index contributed by atoms with van der Waals surface area (Å²) in [6.07, 6.45) is -0.470. The first kappa shape index (κ1) is 15.9. The van der Waals surface area contributed by atoms with E-state index < -0.39 is 46.4 Å². The average molecular weight is 286 g/mol. The van der Waals surface area contributed by atoms with Gasteiger partial charge < -0.3 is 20.4 Å². The van der Waals surface area contributed by atoms with Gasteiger partial charge in [0.2, 0.25) is 0 Å². The molecule has 2 rings (SSSR count). The molecule has 0 saturated heterocycles. The van der Waals surface area contributed by atoms with Crippen LogP contribution in [0.1, 0.15) is 47.0 Å². The zero-order valence-corrected chi connectivity index (χ0v) is 12.6. The van der Waals surface area contributed by atoms with E-state index in [0.29, 0.717) is 12.8 Å². The van der Waals surface area contributed by atoms with Crippen LogP contribution < -0.4 is 0 Å². The highest BCUT2D eigenvalue weighted by Gasteiger charge is 2.63. The molecule has 1 unspecified atom stereocenters. The molecular weight excluding hydrogens is 260 g/mol. The van der Waals surface area contributed by atoms with Crippen molar-refractivity contribution in [1.82, 2.24) is 0 Å². The van der Waals surface area contributed by atoms with E-state index in [1.54, 1.807) is 27.7 Å². The lowest BCUT2D eigenvalue weighted by Crippen LogP contribution is -2.57. The molecule has 2 saturated carbocycles. The number of ketones is 1. The Bertz CT molecular complexity index is 414. The SMILES string of the molecule is CC(C)[C@@]1(O)C(=O)[C@@H]2[C@H](CC[C@@]2(C)O)[C@@](C)(O)CC1O. The molecule has 5 nitrogen and oxygen atoms in total. The predicted octanol–water partition coefficient (Wildman–Crippen LogP) is 0.235. The van der Waals surface area contributed by atoms with Gasteiger partial charge in [-0.2, -0.15) is 0 Å². The summed E-state index contributed by atoms with van der Waals surface area (Å²) in [6.45, 7) is 6.48. The fourth-order valence-corrected chi connectivity index (χ4v) is 4.12. The average Bonchev–Trinajstić information content (AvgIpc) is 2.59. The maximum Gasteiger partial charge on any atom is 0.173 e. The molecule has 2 fully saturated rings. The van der Waals surface area contributed by atoms with Gasteiger partial charge in [-0.25, -0.2) is 0 Å². The first-order valence-corrected chi connectivity index (χ1v) is 7.34. The number of hydrogen-bond acceptors (Lipinski definition) is 5. The Morgan fingerprint density at radius 2 is 1.70 bits per heavy atom. The van der Waals surface area contributed by atoms with Crippen LogP contribution in [0.5, 0.6) is 0 Å². The van der Waals surface area contributed by atoms with Gasteiger partial charge in [-0.05, 0) is 32.6 Å². The molecule has 20 heavy (non-hydrogen) atoms. The summed E-state index contributed by atoms with van der Waals surface area (Å²) in [6, 6.07) is 0. The molecule has 0 heterocycles.